The lowest BCUT2D eigenvalue weighted by molar-refractivity contribution is 0.0866. The smallest absolute Gasteiger partial charge is 0.177 e. The van der Waals surface area contributed by atoms with Crippen molar-refractivity contribution in [3.8, 4) is 0 Å². The molecular formula is C24H24N2O. The lowest BCUT2D eigenvalue weighted by Crippen LogP contribution is -2.20. The van der Waals surface area contributed by atoms with Crippen molar-refractivity contribution in [3.63, 3.8) is 0 Å². The maximum atomic E-state index is 6.06. The Bertz CT molecular complexity index is 823. The molecule has 0 unspecified atom stereocenters. The van der Waals surface area contributed by atoms with Gasteiger partial charge >= 0.3 is 0 Å². The van der Waals surface area contributed by atoms with Crippen molar-refractivity contribution < 1.29 is 4.84 Å². The molecule has 3 nitrogen and oxygen atoms in total. The van der Waals surface area contributed by atoms with Gasteiger partial charge in [0, 0.05) is 26.1 Å². The van der Waals surface area contributed by atoms with Gasteiger partial charge in [0.15, 0.2) is 6.10 Å². The molecule has 27 heavy (non-hydrogen) atoms. The van der Waals surface area contributed by atoms with Crippen LogP contribution in [-0.2, 0) is 11.4 Å². The van der Waals surface area contributed by atoms with E-state index in [0.717, 1.165) is 42.9 Å². The maximum Gasteiger partial charge on any atom is 0.177 e. The molecule has 3 heteroatoms. The Kier molecular flexibility index (Phi) is 5.61. The zero-order valence-corrected chi connectivity index (χ0v) is 15.4. The van der Waals surface area contributed by atoms with Crippen molar-refractivity contribution in [1.29, 1.82) is 0 Å². The molecule has 0 spiro atoms. The van der Waals surface area contributed by atoms with Crippen LogP contribution in [0, 0.1) is 0 Å². The highest BCUT2D eigenvalue weighted by molar-refractivity contribution is 5.87. The largest absolute Gasteiger partial charge is 0.383 e. The molecule has 0 bridgehead atoms. The quantitative estimate of drug-likeness (QED) is 0.577. The van der Waals surface area contributed by atoms with E-state index in [2.05, 4.69) is 64.7 Å². The standard InChI is InChI=1S/C24H24N2O/c1-4-10-20(11-5-1)18-26-17-16-23(19-26)25-27-24(21-12-6-2-7-13-21)22-14-8-3-9-15-22/h1-15,24H,16-19H2. The minimum absolute atomic E-state index is 0.178. The van der Waals surface area contributed by atoms with Crippen LogP contribution in [0.3, 0.4) is 0 Å². The van der Waals surface area contributed by atoms with Gasteiger partial charge in [-0.1, -0.05) is 96.2 Å². The molecule has 1 fully saturated rings. The molecule has 0 atom stereocenters. The van der Waals surface area contributed by atoms with Gasteiger partial charge < -0.3 is 4.84 Å². The van der Waals surface area contributed by atoms with Gasteiger partial charge in [0.2, 0.25) is 0 Å². The minimum Gasteiger partial charge on any atom is -0.383 e. The number of hydrogen-bond donors (Lipinski definition) is 0. The molecule has 3 aromatic carbocycles. The second kappa shape index (κ2) is 8.65. The van der Waals surface area contributed by atoms with Gasteiger partial charge in [-0.15, -0.1) is 0 Å². The Morgan fingerprint density at radius 1 is 0.778 bits per heavy atom. The summed E-state index contributed by atoms with van der Waals surface area (Å²) in [6.07, 6.45) is 0.784. The Balaban J connectivity index is 1.45. The first kappa shape index (κ1) is 17.5. The number of hydrogen-bond acceptors (Lipinski definition) is 3. The summed E-state index contributed by atoms with van der Waals surface area (Å²) in [5.41, 5.74) is 4.69. The fourth-order valence-corrected chi connectivity index (χ4v) is 3.45. The van der Waals surface area contributed by atoms with Crippen molar-refractivity contribution in [2.24, 2.45) is 5.16 Å². The Morgan fingerprint density at radius 3 is 1.93 bits per heavy atom. The molecule has 136 valence electrons. The molecule has 3 aromatic rings. The van der Waals surface area contributed by atoms with Crippen molar-refractivity contribution in [1.82, 2.24) is 4.90 Å². The van der Waals surface area contributed by atoms with Gasteiger partial charge in [0.1, 0.15) is 0 Å². The molecule has 0 aliphatic carbocycles. The molecule has 1 saturated heterocycles. The van der Waals surface area contributed by atoms with Crippen LogP contribution in [-0.4, -0.2) is 23.7 Å². The van der Waals surface area contributed by atoms with Gasteiger partial charge in [0.25, 0.3) is 0 Å². The van der Waals surface area contributed by atoms with E-state index < -0.39 is 0 Å². The van der Waals surface area contributed by atoms with Crippen LogP contribution in [0.4, 0.5) is 0 Å². The monoisotopic (exact) mass is 356 g/mol. The fraction of sp³-hybridized carbons (Fsp3) is 0.208. The molecule has 0 amide bonds. The topological polar surface area (TPSA) is 24.8 Å². The third-order valence-corrected chi connectivity index (χ3v) is 4.86. The van der Waals surface area contributed by atoms with E-state index in [1.54, 1.807) is 0 Å². The van der Waals surface area contributed by atoms with Crippen LogP contribution in [0.2, 0.25) is 0 Å². The third kappa shape index (κ3) is 4.63. The van der Waals surface area contributed by atoms with E-state index in [-0.39, 0.29) is 6.10 Å². The minimum atomic E-state index is -0.178. The van der Waals surface area contributed by atoms with Crippen LogP contribution in [0.5, 0.6) is 0 Å². The summed E-state index contributed by atoms with van der Waals surface area (Å²) >= 11 is 0. The highest BCUT2D eigenvalue weighted by Crippen LogP contribution is 2.26. The molecule has 1 heterocycles. The normalized spacial score (nSPS) is 16.1. The van der Waals surface area contributed by atoms with Gasteiger partial charge in [-0.3, -0.25) is 4.90 Å². The molecule has 0 radical (unpaired) electrons. The summed E-state index contributed by atoms with van der Waals surface area (Å²) in [7, 11) is 0. The summed E-state index contributed by atoms with van der Waals surface area (Å²) in [6, 6.07) is 31.2. The van der Waals surface area contributed by atoms with E-state index in [1.807, 2.05) is 36.4 Å². The van der Waals surface area contributed by atoms with Crippen LogP contribution in [0.25, 0.3) is 0 Å². The van der Waals surface area contributed by atoms with Gasteiger partial charge in [-0.25, -0.2) is 0 Å². The highest BCUT2D eigenvalue weighted by atomic mass is 16.6. The molecule has 0 N–H and O–H groups in total. The van der Waals surface area contributed by atoms with Crippen LogP contribution >= 0.6 is 0 Å². The van der Waals surface area contributed by atoms with Gasteiger partial charge in [-0.2, -0.15) is 0 Å². The molecule has 1 aliphatic heterocycles. The summed E-state index contributed by atoms with van der Waals surface area (Å²) in [5, 5.41) is 4.54. The second-order valence-electron chi connectivity index (χ2n) is 6.91. The summed E-state index contributed by atoms with van der Waals surface area (Å²) < 4.78 is 0. The Morgan fingerprint density at radius 2 is 1.33 bits per heavy atom. The molecule has 4 rings (SSSR count). The molecule has 1 aliphatic rings. The Hall–Kier alpha value is -2.91. The lowest BCUT2D eigenvalue weighted by atomic mass is 10.0. The first-order valence-corrected chi connectivity index (χ1v) is 9.46. The number of rotatable bonds is 6. The van der Waals surface area contributed by atoms with Crippen molar-refractivity contribution in [2.45, 2.75) is 19.1 Å². The van der Waals surface area contributed by atoms with E-state index in [9.17, 15) is 0 Å². The van der Waals surface area contributed by atoms with Crippen LogP contribution in [0.15, 0.2) is 96.2 Å². The average Bonchev–Trinajstić information content (AvgIpc) is 3.18. The first-order chi connectivity index (χ1) is 13.4. The number of likely N-dealkylation sites (tertiary alicyclic amines) is 1. The first-order valence-electron chi connectivity index (χ1n) is 9.46. The zero-order valence-electron chi connectivity index (χ0n) is 15.4. The SMILES string of the molecule is c1ccc(CN2CCC(=NOC(c3ccccc3)c3ccccc3)C2)cc1. The van der Waals surface area contributed by atoms with E-state index >= 15 is 0 Å². The maximum absolute atomic E-state index is 6.06. The predicted molar refractivity (Wildman–Crippen MR) is 110 cm³/mol. The van der Waals surface area contributed by atoms with E-state index in [0.29, 0.717) is 0 Å². The van der Waals surface area contributed by atoms with Gasteiger partial charge in [-0.05, 0) is 16.7 Å². The molecular weight excluding hydrogens is 332 g/mol. The van der Waals surface area contributed by atoms with Crippen molar-refractivity contribution in [3.05, 3.63) is 108 Å². The third-order valence-electron chi connectivity index (χ3n) is 4.86. The summed E-state index contributed by atoms with van der Waals surface area (Å²) in [4.78, 5) is 8.47. The number of benzene rings is 3. The fourth-order valence-electron chi connectivity index (χ4n) is 3.45. The van der Waals surface area contributed by atoms with Crippen molar-refractivity contribution >= 4 is 5.71 Å². The van der Waals surface area contributed by atoms with Gasteiger partial charge in [0.05, 0.1) is 5.71 Å². The highest BCUT2D eigenvalue weighted by Gasteiger charge is 2.20. The summed E-state index contributed by atoms with van der Waals surface area (Å²) in [6.45, 7) is 2.85. The van der Waals surface area contributed by atoms with Crippen LogP contribution < -0.4 is 0 Å². The zero-order chi connectivity index (χ0) is 18.3. The number of oxime groups is 1. The lowest BCUT2D eigenvalue weighted by Gasteiger charge is -2.17. The van der Waals surface area contributed by atoms with Crippen LogP contribution in [0.1, 0.15) is 29.2 Å². The van der Waals surface area contributed by atoms with Crippen molar-refractivity contribution in [2.75, 3.05) is 13.1 Å². The van der Waals surface area contributed by atoms with E-state index in [4.69, 9.17) is 4.84 Å². The second-order valence-corrected chi connectivity index (χ2v) is 6.91. The summed E-state index contributed by atoms with van der Waals surface area (Å²) in [5.74, 6) is 0. The average molecular weight is 356 g/mol. The molecule has 0 aromatic heterocycles. The molecule has 0 saturated carbocycles. The van der Waals surface area contributed by atoms with E-state index in [1.165, 1.54) is 5.56 Å². The Labute approximate surface area is 160 Å². The predicted octanol–water partition coefficient (Wildman–Crippen LogP) is 5.05. The number of nitrogens with zero attached hydrogens (tertiary/aromatic N) is 2.